The first-order chi connectivity index (χ1) is 10.5. The fourth-order valence-electron chi connectivity index (χ4n) is 2.87. The minimum absolute atomic E-state index is 0.125. The monoisotopic (exact) mass is 300 g/mol. The van der Waals surface area contributed by atoms with Gasteiger partial charge in [-0.25, -0.2) is 0 Å². The summed E-state index contributed by atoms with van der Waals surface area (Å²) < 4.78 is 5.81. The quantitative estimate of drug-likeness (QED) is 0.894. The van der Waals surface area contributed by atoms with Crippen LogP contribution in [0.2, 0.25) is 0 Å². The average Bonchev–Trinajstić information content (AvgIpc) is 2.83. The molecule has 5 heteroatoms. The average molecular weight is 300 g/mol. The number of nitrogens with one attached hydrogen (secondary N) is 2. The number of hydrogen-bond donors (Lipinski definition) is 2. The third kappa shape index (κ3) is 2.36. The maximum atomic E-state index is 12.5. The lowest BCUT2D eigenvalue weighted by Gasteiger charge is -2.22. The second-order valence-corrected chi connectivity index (χ2v) is 5.90. The van der Waals surface area contributed by atoms with E-state index in [1.807, 2.05) is 32.9 Å². The molecular weight excluding hydrogens is 280 g/mol. The van der Waals surface area contributed by atoms with Crippen LogP contribution in [-0.4, -0.2) is 24.4 Å². The molecule has 0 unspecified atom stereocenters. The lowest BCUT2D eigenvalue weighted by Crippen LogP contribution is -2.50. The van der Waals surface area contributed by atoms with E-state index in [1.165, 1.54) is 0 Å². The van der Waals surface area contributed by atoms with Gasteiger partial charge < -0.3 is 15.1 Å². The summed E-state index contributed by atoms with van der Waals surface area (Å²) >= 11 is 0. The van der Waals surface area contributed by atoms with Crippen LogP contribution in [-0.2, 0) is 4.79 Å². The molecule has 0 saturated carbocycles. The van der Waals surface area contributed by atoms with Crippen LogP contribution in [0.25, 0.3) is 11.0 Å². The van der Waals surface area contributed by atoms with E-state index in [-0.39, 0.29) is 11.8 Å². The van der Waals surface area contributed by atoms with Crippen molar-refractivity contribution in [1.82, 2.24) is 10.6 Å². The Morgan fingerprint density at radius 2 is 2.05 bits per heavy atom. The third-order valence-electron chi connectivity index (χ3n) is 4.42. The fraction of sp³-hybridized carbons (Fsp3) is 0.412. The molecule has 1 fully saturated rings. The predicted molar refractivity (Wildman–Crippen MR) is 83.9 cm³/mol. The van der Waals surface area contributed by atoms with Crippen LogP contribution in [0, 0.1) is 20.8 Å². The standard InChI is InChI=1S/C17H20N2O3/c1-9-6-7-12-11(3)15(22-14(12)10(9)2)17(21)19-13-5-4-8-18-16(13)20/h6-7,13H,4-5,8H2,1-3H3,(H,18,20)(H,19,21)/t13-/m0/s1. The van der Waals surface area contributed by atoms with Crippen molar-refractivity contribution in [3.05, 3.63) is 34.6 Å². The van der Waals surface area contributed by atoms with Crippen molar-refractivity contribution < 1.29 is 14.0 Å². The number of carbonyl (C=O) groups is 2. The van der Waals surface area contributed by atoms with Gasteiger partial charge in [0.2, 0.25) is 5.91 Å². The Bertz CT molecular complexity index is 761. The maximum absolute atomic E-state index is 12.5. The summed E-state index contributed by atoms with van der Waals surface area (Å²) in [4.78, 5) is 24.2. The van der Waals surface area contributed by atoms with Crippen molar-refractivity contribution in [2.24, 2.45) is 0 Å². The number of piperidine rings is 1. The van der Waals surface area contributed by atoms with Crippen LogP contribution in [0.3, 0.4) is 0 Å². The smallest absolute Gasteiger partial charge is 0.287 e. The van der Waals surface area contributed by atoms with Crippen LogP contribution in [0.5, 0.6) is 0 Å². The van der Waals surface area contributed by atoms with Gasteiger partial charge in [0.15, 0.2) is 5.76 Å². The van der Waals surface area contributed by atoms with Crippen LogP contribution < -0.4 is 10.6 Å². The second kappa shape index (κ2) is 5.48. The van der Waals surface area contributed by atoms with E-state index in [2.05, 4.69) is 10.6 Å². The summed E-state index contributed by atoms with van der Waals surface area (Å²) in [5.74, 6) is -0.157. The Morgan fingerprint density at radius 1 is 1.27 bits per heavy atom. The molecule has 2 amide bonds. The van der Waals surface area contributed by atoms with Crippen molar-refractivity contribution in [3.8, 4) is 0 Å². The van der Waals surface area contributed by atoms with E-state index in [0.29, 0.717) is 18.7 Å². The first-order valence-corrected chi connectivity index (χ1v) is 7.57. The number of hydrogen-bond acceptors (Lipinski definition) is 3. The molecule has 1 aliphatic rings. The lowest BCUT2D eigenvalue weighted by molar-refractivity contribution is -0.124. The van der Waals surface area contributed by atoms with Crippen LogP contribution >= 0.6 is 0 Å². The zero-order chi connectivity index (χ0) is 15.9. The highest BCUT2D eigenvalue weighted by atomic mass is 16.3. The van der Waals surface area contributed by atoms with Gasteiger partial charge in [0.1, 0.15) is 11.6 Å². The summed E-state index contributed by atoms with van der Waals surface area (Å²) in [6.07, 6.45) is 1.53. The van der Waals surface area contributed by atoms with Gasteiger partial charge in [0.05, 0.1) is 0 Å². The molecule has 1 aromatic heterocycles. The predicted octanol–water partition coefficient (Wildman–Crippen LogP) is 2.37. The van der Waals surface area contributed by atoms with Gasteiger partial charge in [0.25, 0.3) is 5.91 Å². The number of furan rings is 1. The number of fused-ring (bicyclic) bond motifs is 1. The Morgan fingerprint density at radius 3 is 2.77 bits per heavy atom. The number of carbonyl (C=O) groups excluding carboxylic acids is 2. The summed E-state index contributed by atoms with van der Waals surface area (Å²) in [5.41, 5.74) is 3.72. The molecular formula is C17H20N2O3. The highest BCUT2D eigenvalue weighted by Crippen LogP contribution is 2.29. The maximum Gasteiger partial charge on any atom is 0.287 e. The molecule has 2 heterocycles. The Hall–Kier alpha value is -2.30. The van der Waals surface area contributed by atoms with Gasteiger partial charge in [-0.2, -0.15) is 0 Å². The van der Waals surface area contributed by atoms with Crippen molar-refractivity contribution in [2.45, 2.75) is 39.7 Å². The highest BCUT2D eigenvalue weighted by molar-refractivity contribution is 6.01. The zero-order valence-corrected chi connectivity index (χ0v) is 13.1. The summed E-state index contributed by atoms with van der Waals surface area (Å²) in [7, 11) is 0. The molecule has 22 heavy (non-hydrogen) atoms. The molecule has 1 saturated heterocycles. The topological polar surface area (TPSA) is 71.3 Å². The van der Waals surface area contributed by atoms with Gasteiger partial charge >= 0.3 is 0 Å². The SMILES string of the molecule is Cc1ccc2c(C)c(C(=O)N[C@H]3CCCNC3=O)oc2c1C. The number of amides is 2. The van der Waals surface area contributed by atoms with Gasteiger partial charge in [0, 0.05) is 17.5 Å². The minimum Gasteiger partial charge on any atom is -0.450 e. The highest BCUT2D eigenvalue weighted by Gasteiger charge is 2.27. The molecule has 2 aromatic rings. The minimum atomic E-state index is -0.475. The fourth-order valence-corrected chi connectivity index (χ4v) is 2.87. The molecule has 0 bridgehead atoms. The summed E-state index contributed by atoms with van der Waals surface area (Å²) in [6, 6.07) is 3.52. The molecule has 1 atom stereocenters. The van der Waals surface area contributed by atoms with Crippen molar-refractivity contribution in [1.29, 1.82) is 0 Å². The normalized spacial score (nSPS) is 18.3. The summed E-state index contributed by atoms with van der Waals surface area (Å²) in [6.45, 7) is 6.54. The van der Waals surface area contributed by atoms with Gasteiger partial charge in [-0.05, 0) is 44.7 Å². The van der Waals surface area contributed by atoms with E-state index in [1.54, 1.807) is 0 Å². The molecule has 0 radical (unpaired) electrons. The molecule has 1 aliphatic heterocycles. The largest absolute Gasteiger partial charge is 0.450 e. The Labute approximate surface area is 129 Å². The lowest BCUT2D eigenvalue weighted by atomic mass is 10.0. The molecule has 0 spiro atoms. The number of benzene rings is 1. The van der Waals surface area contributed by atoms with E-state index in [0.717, 1.165) is 34.1 Å². The molecule has 0 aliphatic carbocycles. The Kier molecular flexibility index (Phi) is 3.64. The van der Waals surface area contributed by atoms with E-state index >= 15 is 0 Å². The number of aryl methyl sites for hydroxylation is 3. The van der Waals surface area contributed by atoms with E-state index in [9.17, 15) is 9.59 Å². The van der Waals surface area contributed by atoms with Gasteiger partial charge in [-0.15, -0.1) is 0 Å². The first kappa shape index (κ1) is 14.6. The van der Waals surface area contributed by atoms with Crippen LogP contribution in [0.15, 0.2) is 16.5 Å². The molecule has 3 rings (SSSR count). The molecule has 5 nitrogen and oxygen atoms in total. The van der Waals surface area contributed by atoms with Crippen molar-refractivity contribution in [2.75, 3.05) is 6.54 Å². The molecule has 116 valence electrons. The molecule has 1 aromatic carbocycles. The number of rotatable bonds is 2. The third-order valence-corrected chi connectivity index (χ3v) is 4.42. The summed E-state index contributed by atoms with van der Waals surface area (Å²) in [5, 5.41) is 6.48. The van der Waals surface area contributed by atoms with Crippen molar-refractivity contribution in [3.63, 3.8) is 0 Å². The van der Waals surface area contributed by atoms with Crippen molar-refractivity contribution >= 4 is 22.8 Å². The molecule has 2 N–H and O–H groups in total. The van der Waals surface area contributed by atoms with E-state index < -0.39 is 6.04 Å². The second-order valence-electron chi connectivity index (χ2n) is 5.90. The van der Waals surface area contributed by atoms with Gasteiger partial charge in [-0.1, -0.05) is 12.1 Å². The Balaban J connectivity index is 1.92. The van der Waals surface area contributed by atoms with Gasteiger partial charge in [-0.3, -0.25) is 9.59 Å². The first-order valence-electron chi connectivity index (χ1n) is 7.57. The van der Waals surface area contributed by atoms with E-state index in [4.69, 9.17) is 4.42 Å². The zero-order valence-electron chi connectivity index (χ0n) is 13.1. The van der Waals surface area contributed by atoms with Crippen LogP contribution in [0.4, 0.5) is 0 Å². The van der Waals surface area contributed by atoms with Crippen LogP contribution in [0.1, 0.15) is 40.1 Å².